The smallest absolute Gasteiger partial charge is 0.239 e. The molecule has 0 saturated carbocycles. The van der Waals surface area contributed by atoms with Crippen molar-refractivity contribution < 1.29 is 9.59 Å². The van der Waals surface area contributed by atoms with Crippen LogP contribution in [-0.4, -0.2) is 47.1 Å². The summed E-state index contributed by atoms with van der Waals surface area (Å²) >= 11 is 0. The van der Waals surface area contributed by atoms with Gasteiger partial charge in [0.25, 0.3) is 0 Å². The van der Waals surface area contributed by atoms with Crippen molar-refractivity contribution in [1.82, 2.24) is 10.2 Å². The maximum Gasteiger partial charge on any atom is 0.239 e. The summed E-state index contributed by atoms with van der Waals surface area (Å²) in [6, 6.07) is 0. The Bertz CT molecular complexity index is 375. The third-order valence-corrected chi connectivity index (χ3v) is 3.51. The first-order chi connectivity index (χ1) is 8.02. The van der Waals surface area contributed by atoms with Crippen LogP contribution in [0, 0.1) is 0 Å². The fourth-order valence-corrected chi connectivity index (χ4v) is 2.83. The van der Waals surface area contributed by atoms with Crippen molar-refractivity contribution in [3.63, 3.8) is 0 Å². The van der Waals surface area contributed by atoms with E-state index in [4.69, 9.17) is 0 Å². The highest BCUT2D eigenvalue weighted by Crippen LogP contribution is 2.07. The summed E-state index contributed by atoms with van der Waals surface area (Å²) in [5.74, 6) is 0.733. The number of amides is 2. The molecule has 1 atom stereocenters. The van der Waals surface area contributed by atoms with Crippen molar-refractivity contribution in [2.45, 2.75) is 20.8 Å². The number of nitrogens with zero attached hydrogens (tertiary/aromatic N) is 3. The molecule has 1 unspecified atom stereocenters. The number of hydrogen-bond donors (Lipinski definition) is 1. The van der Waals surface area contributed by atoms with E-state index in [1.807, 2.05) is 20.8 Å². The summed E-state index contributed by atoms with van der Waals surface area (Å²) in [6.07, 6.45) is 0. The summed E-state index contributed by atoms with van der Waals surface area (Å²) in [5.41, 5.74) is 0.868. The minimum absolute atomic E-state index is 0.0210. The summed E-state index contributed by atoms with van der Waals surface area (Å²) in [5, 5.41) is 6.64. The molecule has 0 aromatic rings. The molecule has 96 valence electrons. The average molecular weight is 258 g/mol. The molecule has 1 rings (SSSR count). The minimum Gasteiger partial charge on any atom is -0.355 e. The van der Waals surface area contributed by atoms with E-state index in [-0.39, 0.29) is 18.4 Å². The Labute approximate surface area is 104 Å². The van der Waals surface area contributed by atoms with Crippen LogP contribution in [0.5, 0.6) is 0 Å². The largest absolute Gasteiger partial charge is 0.355 e. The van der Waals surface area contributed by atoms with Gasteiger partial charge in [-0.2, -0.15) is 5.10 Å². The van der Waals surface area contributed by atoms with E-state index in [1.54, 1.807) is 0 Å². The van der Waals surface area contributed by atoms with Gasteiger partial charge in [0.15, 0.2) is 0 Å². The van der Waals surface area contributed by atoms with Gasteiger partial charge in [-0.3, -0.25) is 9.59 Å². The highest BCUT2D eigenvalue weighted by atomic mass is 32.2. The minimum atomic E-state index is -0.395. The molecule has 0 bridgehead atoms. The molecule has 17 heavy (non-hydrogen) atoms. The fourth-order valence-electron chi connectivity index (χ4n) is 1.29. The van der Waals surface area contributed by atoms with Crippen molar-refractivity contribution in [2.24, 2.45) is 9.57 Å². The van der Waals surface area contributed by atoms with E-state index in [1.165, 1.54) is 4.90 Å². The van der Waals surface area contributed by atoms with Gasteiger partial charge in [-0.15, -0.1) is 4.47 Å². The Balaban J connectivity index is 2.55. The van der Waals surface area contributed by atoms with Gasteiger partial charge >= 0.3 is 0 Å². The van der Waals surface area contributed by atoms with Gasteiger partial charge in [-0.25, -0.2) is 0 Å². The van der Waals surface area contributed by atoms with Crippen LogP contribution in [0.3, 0.4) is 0 Å². The molecule has 1 aliphatic rings. The van der Waals surface area contributed by atoms with Gasteiger partial charge < -0.3 is 10.2 Å². The predicted molar refractivity (Wildman–Crippen MR) is 68.7 cm³/mol. The SMILES string of the molecule is CCNC(=O)CN1C/S(=N\N=C(C)C)CC1=O. The lowest BCUT2D eigenvalue weighted by molar-refractivity contribution is -0.132. The second-order valence-electron chi connectivity index (χ2n) is 3.91. The Hall–Kier alpha value is -1.24. The Morgan fingerprint density at radius 2 is 2.24 bits per heavy atom. The molecule has 1 saturated heterocycles. The number of carbonyl (C=O) groups is 2. The Morgan fingerprint density at radius 1 is 1.53 bits per heavy atom. The molecule has 7 heteroatoms. The monoisotopic (exact) mass is 258 g/mol. The third-order valence-electron chi connectivity index (χ3n) is 2.01. The zero-order chi connectivity index (χ0) is 12.8. The normalized spacial score (nSPS) is 19.6. The number of likely N-dealkylation sites (N-methyl/N-ethyl adjacent to an activating group) is 1. The summed E-state index contributed by atoms with van der Waals surface area (Å²) in [4.78, 5) is 24.5. The lowest BCUT2D eigenvalue weighted by atomic mass is 10.5. The molecule has 0 spiro atoms. The standard InChI is InChI=1S/C10H18N4O2S/c1-4-11-9(15)5-14-7-17(6-10(14)16)13-12-8(2)3/h4-7H2,1-3H3,(H,11,15). The Kier molecular flexibility index (Phi) is 5.27. The topological polar surface area (TPSA) is 74.1 Å². The van der Waals surface area contributed by atoms with Crippen LogP contribution in [0.2, 0.25) is 0 Å². The van der Waals surface area contributed by atoms with Gasteiger partial charge in [-0.1, -0.05) is 0 Å². The van der Waals surface area contributed by atoms with Crippen LogP contribution in [0.1, 0.15) is 20.8 Å². The molecule has 0 aromatic heterocycles. The predicted octanol–water partition coefficient (Wildman–Crippen LogP) is 0.120. The van der Waals surface area contributed by atoms with E-state index < -0.39 is 10.7 Å². The first kappa shape index (κ1) is 13.8. The van der Waals surface area contributed by atoms with Crippen molar-refractivity contribution in [3.8, 4) is 0 Å². The van der Waals surface area contributed by atoms with E-state index in [0.717, 1.165) is 5.71 Å². The fraction of sp³-hybridized carbons (Fsp3) is 0.700. The number of rotatable bonds is 4. The van der Waals surface area contributed by atoms with Crippen LogP contribution < -0.4 is 5.32 Å². The lowest BCUT2D eigenvalue weighted by Gasteiger charge is -2.13. The number of hydrogen-bond acceptors (Lipinski definition) is 3. The summed E-state index contributed by atoms with van der Waals surface area (Å²) < 4.78 is 4.10. The molecule has 6 nitrogen and oxygen atoms in total. The molecule has 2 amide bonds. The molecule has 0 radical (unpaired) electrons. The zero-order valence-corrected chi connectivity index (χ0v) is 11.2. The lowest BCUT2D eigenvalue weighted by Crippen LogP contribution is -2.38. The summed E-state index contributed by atoms with van der Waals surface area (Å²) in [7, 11) is -0.395. The highest BCUT2D eigenvalue weighted by Gasteiger charge is 2.26. The van der Waals surface area contributed by atoms with Crippen LogP contribution in [0.25, 0.3) is 0 Å². The van der Waals surface area contributed by atoms with Gasteiger partial charge in [0.05, 0.1) is 11.6 Å². The van der Waals surface area contributed by atoms with Crippen molar-refractivity contribution >= 4 is 28.2 Å². The van der Waals surface area contributed by atoms with Crippen LogP contribution in [0.15, 0.2) is 9.57 Å². The maximum absolute atomic E-state index is 11.6. The molecule has 1 N–H and O–H groups in total. The number of nitrogens with one attached hydrogen (secondary N) is 1. The molecule has 1 fully saturated rings. The second-order valence-corrected chi connectivity index (χ2v) is 5.54. The van der Waals surface area contributed by atoms with Crippen LogP contribution in [0.4, 0.5) is 0 Å². The maximum atomic E-state index is 11.6. The molecule has 1 aliphatic heterocycles. The van der Waals surface area contributed by atoms with Crippen molar-refractivity contribution in [3.05, 3.63) is 0 Å². The zero-order valence-electron chi connectivity index (χ0n) is 10.4. The van der Waals surface area contributed by atoms with Gasteiger partial charge in [0.2, 0.25) is 11.8 Å². The number of carbonyl (C=O) groups excluding carboxylic acids is 2. The molecule has 1 heterocycles. The van der Waals surface area contributed by atoms with E-state index in [9.17, 15) is 9.59 Å². The van der Waals surface area contributed by atoms with Gasteiger partial charge in [-0.05, 0) is 31.5 Å². The van der Waals surface area contributed by atoms with E-state index >= 15 is 0 Å². The van der Waals surface area contributed by atoms with Gasteiger partial charge in [0.1, 0.15) is 6.54 Å². The molecular formula is C10H18N4O2S. The van der Waals surface area contributed by atoms with Crippen molar-refractivity contribution in [2.75, 3.05) is 24.7 Å². The second kappa shape index (κ2) is 6.48. The van der Waals surface area contributed by atoms with E-state index in [2.05, 4.69) is 14.9 Å². The molecule has 0 aromatic carbocycles. The first-order valence-corrected chi connectivity index (χ1v) is 6.99. The molecular weight excluding hydrogens is 240 g/mol. The average Bonchev–Trinajstić information content (AvgIpc) is 2.57. The van der Waals surface area contributed by atoms with Crippen LogP contribution >= 0.6 is 0 Å². The summed E-state index contributed by atoms with van der Waals surface area (Å²) in [6.45, 7) is 6.27. The quantitative estimate of drug-likeness (QED) is 0.574. The highest BCUT2D eigenvalue weighted by molar-refractivity contribution is 7.88. The van der Waals surface area contributed by atoms with E-state index in [0.29, 0.717) is 18.2 Å². The Morgan fingerprint density at radius 3 is 2.82 bits per heavy atom. The van der Waals surface area contributed by atoms with Crippen LogP contribution in [-0.2, 0) is 20.3 Å². The van der Waals surface area contributed by atoms with Crippen molar-refractivity contribution in [1.29, 1.82) is 0 Å². The van der Waals surface area contributed by atoms with Gasteiger partial charge in [0, 0.05) is 12.3 Å². The molecule has 0 aliphatic carbocycles. The first-order valence-electron chi connectivity index (χ1n) is 5.47. The third kappa shape index (κ3) is 4.64.